The molecule has 1 spiro atoms. The molecule has 0 saturated carbocycles. The first-order chi connectivity index (χ1) is 9.97. The molecule has 0 aromatic heterocycles. The van der Waals surface area contributed by atoms with Crippen LogP contribution < -0.4 is 10.6 Å². The van der Waals surface area contributed by atoms with Crippen LogP contribution in [0.3, 0.4) is 0 Å². The molecule has 0 bridgehead atoms. The normalized spacial score (nSPS) is 22.4. The number of rotatable bonds is 3. The molecular weight excluding hydrogens is 270 g/mol. The number of amides is 2. The highest BCUT2D eigenvalue weighted by atomic mass is 16.5. The van der Waals surface area contributed by atoms with E-state index in [1.54, 1.807) is 0 Å². The zero-order valence-corrected chi connectivity index (χ0v) is 13.3. The Morgan fingerprint density at radius 2 is 1.90 bits per heavy atom. The van der Waals surface area contributed by atoms with Crippen molar-refractivity contribution in [3.63, 3.8) is 0 Å². The monoisotopic (exact) mass is 297 g/mol. The third kappa shape index (κ3) is 3.67. The molecule has 2 amide bonds. The fourth-order valence-electron chi connectivity index (χ4n) is 3.38. The van der Waals surface area contributed by atoms with Gasteiger partial charge in [-0.05, 0) is 43.7 Å². The summed E-state index contributed by atoms with van der Waals surface area (Å²) in [6.45, 7) is 7.57. The van der Waals surface area contributed by atoms with E-state index in [4.69, 9.17) is 0 Å². The van der Waals surface area contributed by atoms with Gasteiger partial charge in [0, 0.05) is 13.1 Å². The van der Waals surface area contributed by atoms with Gasteiger partial charge in [-0.25, -0.2) is 4.79 Å². The molecule has 0 aromatic carbocycles. The van der Waals surface area contributed by atoms with Crippen LogP contribution in [0.2, 0.25) is 0 Å². The third-order valence-electron chi connectivity index (χ3n) is 4.81. The van der Waals surface area contributed by atoms with Crippen molar-refractivity contribution in [1.29, 1.82) is 0 Å². The predicted molar refractivity (Wildman–Crippen MR) is 79.9 cm³/mol. The average Bonchev–Trinajstić information content (AvgIpc) is 2.88. The van der Waals surface area contributed by atoms with E-state index in [2.05, 4.69) is 15.4 Å². The van der Waals surface area contributed by atoms with E-state index < -0.39 is 12.1 Å². The molecule has 2 aliphatic rings. The Hall–Kier alpha value is -1.30. The third-order valence-corrected chi connectivity index (χ3v) is 4.81. The van der Waals surface area contributed by atoms with Crippen molar-refractivity contribution in [2.24, 2.45) is 11.3 Å². The lowest BCUT2D eigenvalue weighted by molar-refractivity contribution is -0.133. The zero-order chi connectivity index (χ0) is 15.5. The summed E-state index contributed by atoms with van der Waals surface area (Å²) in [6, 6.07) is -0.505. The summed E-state index contributed by atoms with van der Waals surface area (Å²) in [5, 5.41) is 6.05. The van der Waals surface area contributed by atoms with E-state index in [1.165, 1.54) is 7.11 Å². The summed E-state index contributed by atoms with van der Waals surface area (Å²) < 4.78 is 4.62. The van der Waals surface area contributed by atoms with E-state index in [0.717, 1.165) is 45.4 Å². The quantitative estimate of drug-likeness (QED) is 0.814. The first-order valence-electron chi connectivity index (χ1n) is 7.81. The van der Waals surface area contributed by atoms with Crippen LogP contribution in [0.1, 0.15) is 33.1 Å². The molecule has 0 unspecified atom stereocenters. The summed E-state index contributed by atoms with van der Waals surface area (Å²) in [7, 11) is 1.32. The number of ether oxygens (including phenoxy) is 1. The van der Waals surface area contributed by atoms with E-state index in [0.29, 0.717) is 0 Å². The topological polar surface area (TPSA) is 70.7 Å². The molecule has 1 atom stereocenters. The van der Waals surface area contributed by atoms with E-state index in [-0.39, 0.29) is 17.2 Å². The maximum Gasteiger partial charge on any atom is 0.407 e. The Balaban J connectivity index is 1.99. The number of nitrogens with one attached hydrogen (secondary N) is 2. The SMILES string of the molecule is COC(=O)N[C@H](C(=O)N1CCC2(CCNCC2)C1)C(C)C. The highest BCUT2D eigenvalue weighted by Gasteiger charge is 2.42. The van der Waals surface area contributed by atoms with Crippen molar-refractivity contribution in [3.8, 4) is 0 Å². The molecular formula is C15H27N3O3. The smallest absolute Gasteiger partial charge is 0.407 e. The van der Waals surface area contributed by atoms with Crippen molar-refractivity contribution >= 4 is 12.0 Å². The van der Waals surface area contributed by atoms with Crippen LogP contribution >= 0.6 is 0 Å². The second-order valence-electron chi connectivity index (χ2n) is 6.62. The van der Waals surface area contributed by atoms with Gasteiger partial charge in [0.15, 0.2) is 0 Å². The van der Waals surface area contributed by atoms with Crippen molar-refractivity contribution in [3.05, 3.63) is 0 Å². The summed E-state index contributed by atoms with van der Waals surface area (Å²) in [4.78, 5) is 26.1. The van der Waals surface area contributed by atoms with Crippen LogP contribution in [0.4, 0.5) is 4.79 Å². The summed E-state index contributed by atoms with van der Waals surface area (Å²) in [6.07, 6.45) is 2.79. The van der Waals surface area contributed by atoms with Crippen LogP contribution in [0.15, 0.2) is 0 Å². The van der Waals surface area contributed by atoms with Gasteiger partial charge in [0.25, 0.3) is 0 Å². The van der Waals surface area contributed by atoms with Gasteiger partial charge in [-0.2, -0.15) is 0 Å². The van der Waals surface area contributed by atoms with E-state index in [1.807, 2.05) is 18.7 Å². The molecule has 0 aromatic rings. The fourth-order valence-corrected chi connectivity index (χ4v) is 3.38. The number of alkyl carbamates (subject to hydrolysis) is 1. The lowest BCUT2D eigenvalue weighted by Gasteiger charge is -2.34. The molecule has 2 aliphatic heterocycles. The van der Waals surface area contributed by atoms with Crippen LogP contribution in [-0.2, 0) is 9.53 Å². The Bertz CT molecular complexity index is 392. The van der Waals surface area contributed by atoms with Gasteiger partial charge in [0.1, 0.15) is 6.04 Å². The van der Waals surface area contributed by atoms with Gasteiger partial charge in [-0.1, -0.05) is 13.8 Å². The van der Waals surface area contributed by atoms with Crippen molar-refractivity contribution in [2.45, 2.75) is 39.2 Å². The van der Waals surface area contributed by atoms with Crippen molar-refractivity contribution in [2.75, 3.05) is 33.3 Å². The molecule has 0 aliphatic carbocycles. The summed E-state index contributed by atoms with van der Waals surface area (Å²) in [5.74, 6) is 0.0620. The predicted octanol–water partition coefficient (Wildman–Crippen LogP) is 0.969. The van der Waals surface area contributed by atoms with Gasteiger partial charge in [-0.15, -0.1) is 0 Å². The Labute approximate surface area is 126 Å². The van der Waals surface area contributed by atoms with Crippen LogP contribution in [-0.4, -0.2) is 56.2 Å². The van der Waals surface area contributed by atoms with Crippen molar-refractivity contribution in [1.82, 2.24) is 15.5 Å². The number of piperidine rings is 1. The van der Waals surface area contributed by atoms with E-state index in [9.17, 15) is 9.59 Å². The lowest BCUT2D eigenvalue weighted by Crippen LogP contribution is -2.51. The van der Waals surface area contributed by atoms with Crippen LogP contribution in [0.25, 0.3) is 0 Å². The van der Waals surface area contributed by atoms with Crippen LogP contribution in [0.5, 0.6) is 0 Å². The fraction of sp³-hybridized carbons (Fsp3) is 0.867. The summed E-state index contributed by atoms with van der Waals surface area (Å²) in [5.41, 5.74) is 0.285. The maximum atomic E-state index is 12.7. The van der Waals surface area contributed by atoms with E-state index >= 15 is 0 Å². The molecule has 21 heavy (non-hydrogen) atoms. The molecule has 2 N–H and O–H groups in total. The molecule has 120 valence electrons. The molecule has 2 fully saturated rings. The Kier molecular flexibility index (Phi) is 5.08. The number of nitrogens with zero attached hydrogens (tertiary/aromatic N) is 1. The molecule has 6 heteroatoms. The molecule has 6 nitrogen and oxygen atoms in total. The van der Waals surface area contributed by atoms with Gasteiger partial charge < -0.3 is 20.3 Å². The number of hydrogen-bond acceptors (Lipinski definition) is 4. The molecule has 0 radical (unpaired) electrons. The Morgan fingerprint density at radius 3 is 2.48 bits per heavy atom. The number of carbonyl (C=O) groups is 2. The largest absolute Gasteiger partial charge is 0.453 e. The highest BCUT2D eigenvalue weighted by Crippen LogP contribution is 2.38. The van der Waals surface area contributed by atoms with Crippen LogP contribution in [0, 0.1) is 11.3 Å². The minimum absolute atomic E-state index is 0.0193. The number of likely N-dealkylation sites (tertiary alicyclic amines) is 1. The Morgan fingerprint density at radius 1 is 1.24 bits per heavy atom. The molecule has 2 saturated heterocycles. The first-order valence-corrected chi connectivity index (χ1v) is 7.81. The second-order valence-corrected chi connectivity index (χ2v) is 6.62. The number of methoxy groups -OCH3 is 1. The molecule has 2 heterocycles. The number of hydrogen-bond donors (Lipinski definition) is 2. The van der Waals surface area contributed by atoms with Gasteiger partial charge >= 0.3 is 6.09 Å². The zero-order valence-electron chi connectivity index (χ0n) is 13.3. The maximum absolute atomic E-state index is 12.7. The second kappa shape index (κ2) is 6.64. The highest BCUT2D eigenvalue weighted by molar-refractivity contribution is 5.86. The van der Waals surface area contributed by atoms with Crippen molar-refractivity contribution < 1.29 is 14.3 Å². The van der Waals surface area contributed by atoms with Gasteiger partial charge in [-0.3, -0.25) is 4.79 Å². The average molecular weight is 297 g/mol. The van der Waals surface area contributed by atoms with Gasteiger partial charge in [0.05, 0.1) is 7.11 Å². The lowest BCUT2D eigenvalue weighted by atomic mass is 9.78. The molecule has 2 rings (SSSR count). The first kappa shape index (κ1) is 16.1. The van der Waals surface area contributed by atoms with Gasteiger partial charge in [0.2, 0.25) is 5.91 Å². The standard InChI is InChI=1S/C15H27N3O3/c1-11(2)12(17-14(20)21-3)13(19)18-9-6-15(10-18)4-7-16-8-5-15/h11-12,16H,4-10H2,1-3H3,(H,17,20)/t12-/m0/s1. The number of carbonyl (C=O) groups excluding carboxylic acids is 2. The minimum atomic E-state index is -0.544. The minimum Gasteiger partial charge on any atom is -0.453 e. The summed E-state index contributed by atoms with van der Waals surface area (Å²) >= 11 is 0.